The molecule has 0 spiro atoms. The number of rotatable bonds is 9. The molecular formula is C31H34O7. The van der Waals surface area contributed by atoms with Crippen LogP contribution in [0, 0.1) is 0 Å². The summed E-state index contributed by atoms with van der Waals surface area (Å²) >= 11 is 0. The Balaban J connectivity index is 1.56. The maximum Gasteiger partial charge on any atom is 0.217 e. The van der Waals surface area contributed by atoms with E-state index in [4.69, 9.17) is 23.7 Å². The highest BCUT2D eigenvalue weighted by Crippen LogP contribution is 2.54. The lowest BCUT2D eigenvalue weighted by Crippen LogP contribution is -2.24. The van der Waals surface area contributed by atoms with E-state index in [2.05, 4.69) is 19.9 Å². The first kappa shape index (κ1) is 26.9. The zero-order chi connectivity index (χ0) is 27.4. The number of hydrogen-bond donors (Lipinski definition) is 2. The molecule has 3 aromatic carbocycles. The Morgan fingerprint density at radius 3 is 2.24 bits per heavy atom. The minimum Gasteiger partial charge on any atom is -0.504 e. The van der Waals surface area contributed by atoms with Crippen molar-refractivity contribution in [1.82, 2.24) is 0 Å². The number of aliphatic hydroxyl groups excluding tert-OH is 1. The average Bonchev–Trinajstić information content (AvgIpc) is 3.18. The van der Waals surface area contributed by atoms with Crippen LogP contribution >= 0.6 is 0 Å². The maximum absolute atomic E-state index is 10.5. The van der Waals surface area contributed by atoms with Crippen LogP contribution in [0.15, 0.2) is 60.7 Å². The predicted molar refractivity (Wildman–Crippen MR) is 147 cm³/mol. The molecule has 1 aliphatic rings. The highest BCUT2D eigenvalue weighted by molar-refractivity contribution is 5.63. The van der Waals surface area contributed by atoms with E-state index in [9.17, 15) is 10.2 Å². The van der Waals surface area contributed by atoms with Crippen LogP contribution in [0.2, 0.25) is 0 Å². The van der Waals surface area contributed by atoms with Gasteiger partial charge in [0.25, 0.3) is 0 Å². The molecule has 0 aliphatic carbocycles. The largest absolute Gasteiger partial charge is 0.504 e. The second kappa shape index (κ2) is 11.1. The second-order valence-corrected chi connectivity index (χ2v) is 9.53. The molecule has 0 saturated heterocycles. The van der Waals surface area contributed by atoms with E-state index in [0.717, 1.165) is 28.0 Å². The third-order valence-electron chi connectivity index (χ3n) is 6.64. The van der Waals surface area contributed by atoms with Crippen molar-refractivity contribution in [3.05, 3.63) is 82.9 Å². The number of benzene rings is 3. The van der Waals surface area contributed by atoms with Gasteiger partial charge in [0.1, 0.15) is 6.10 Å². The first-order chi connectivity index (χ1) is 18.2. The third-order valence-corrected chi connectivity index (χ3v) is 6.64. The Labute approximate surface area is 223 Å². The average molecular weight is 519 g/mol. The van der Waals surface area contributed by atoms with Gasteiger partial charge in [0, 0.05) is 11.0 Å². The molecule has 0 radical (unpaired) electrons. The minimum absolute atomic E-state index is 0.0421. The van der Waals surface area contributed by atoms with Gasteiger partial charge in [0.15, 0.2) is 34.5 Å². The molecule has 1 aliphatic heterocycles. The van der Waals surface area contributed by atoms with Gasteiger partial charge in [-0.25, -0.2) is 0 Å². The Hall–Kier alpha value is -4.10. The number of fused-ring (bicyclic) bond motifs is 1. The third kappa shape index (κ3) is 5.29. The van der Waals surface area contributed by atoms with Crippen LogP contribution in [-0.2, 0) is 5.41 Å². The molecule has 4 rings (SSSR count). The molecule has 7 nitrogen and oxygen atoms in total. The number of hydrogen-bond acceptors (Lipinski definition) is 7. The molecule has 38 heavy (non-hydrogen) atoms. The zero-order valence-electron chi connectivity index (χ0n) is 22.5. The summed E-state index contributed by atoms with van der Waals surface area (Å²) < 4.78 is 28.6. The molecule has 0 aromatic heterocycles. The molecule has 200 valence electrons. The standard InChI is InChI=1S/C31H34O7/c1-7-8-20-15-22-29(27(17-20)36-6)38-30(31(22,2)3)21-11-13-24(26(18-21)35-5)37-28(33)14-10-19-9-12-23(32)25(16-19)34-4/h7-18,28,30,32-33H,1-6H3/b8-7+,14-10+/t28?,30-/m0/s1. The summed E-state index contributed by atoms with van der Waals surface area (Å²) in [5.74, 6) is 2.67. The van der Waals surface area contributed by atoms with Crippen LogP contribution in [0.1, 0.15) is 49.1 Å². The minimum atomic E-state index is -1.23. The van der Waals surface area contributed by atoms with Crippen LogP contribution < -0.4 is 23.7 Å². The van der Waals surface area contributed by atoms with Crippen LogP contribution in [0.3, 0.4) is 0 Å². The van der Waals surface area contributed by atoms with Crippen LogP contribution in [0.25, 0.3) is 12.2 Å². The summed E-state index contributed by atoms with van der Waals surface area (Å²) in [5.41, 5.74) is 3.42. The molecule has 0 amide bonds. The van der Waals surface area contributed by atoms with Crippen LogP contribution in [-0.4, -0.2) is 37.8 Å². The van der Waals surface area contributed by atoms with Gasteiger partial charge in [-0.15, -0.1) is 0 Å². The number of aromatic hydroxyl groups is 1. The Bertz CT molecular complexity index is 1360. The van der Waals surface area contributed by atoms with Crippen molar-refractivity contribution < 1.29 is 33.9 Å². The number of phenols is 1. The van der Waals surface area contributed by atoms with E-state index < -0.39 is 6.29 Å². The van der Waals surface area contributed by atoms with Gasteiger partial charge in [0.2, 0.25) is 6.29 Å². The Morgan fingerprint density at radius 2 is 1.55 bits per heavy atom. The fourth-order valence-corrected chi connectivity index (χ4v) is 4.66. The summed E-state index contributed by atoms with van der Waals surface area (Å²) in [4.78, 5) is 0. The summed E-state index contributed by atoms with van der Waals surface area (Å²) in [6.45, 7) is 6.27. The topological polar surface area (TPSA) is 86.6 Å². The maximum atomic E-state index is 10.5. The van der Waals surface area contributed by atoms with Crippen LogP contribution in [0.4, 0.5) is 0 Å². The van der Waals surface area contributed by atoms with Crippen molar-refractivity contribution >= 4 is 12.2 Å². The van der Waals surface area contributed by atoms with E-state index in [0.29, 0.717) is 23.0 Å². The monoisotopic (exact) mass is 518 g/mol. The van der Waals surface area contributed by atoms with Gasteiger partial charge in [-0.1, -0.05) is 44.2 Å². The molecule has 2 N–H and O–H groups in total. The molecule has 0 fully saturated rings. The Kier molecular flexibility index (Phi) is 7.88. The fourth-order valence-electron chi connectivity index (χ4n) is 4.66. The van der Waals surface area contributed by atoms with Crippen molar-refractivity contribution in [2.75, 3.05) is 21.3 Å². The summed E-state index contributed by atoms with van der Waals surface area (Å²) in [5, 5.41) is 20.2. The molecule has 2 atom stereocenters. The van der Waals surface area contributed by atoms with Crippen molar-refractivity contribution in [2.24, 2.45) is 0 Å². The smallest absolute Gasteiger partial charge is 0.217 e. The quantitative estimate of drug-likeness (QED) is 0.323. The van der Waals surface area contributed by atoms with Gasteiger partial charge in [0.05, 0.1) is 21.3 Å². The number of methoxy groups -OCH3 is 3. The first-order valence-electron chi connectivity index (χ1n) is 12.3. The highest BCUT2D eigenvalue weighted by Gasteiger charge is 2.44. The number of aliphatic hydroxyl groups is 1. The summed E-state index contributed by atoms with van der Waals surface area (Å²) in [6, 6.07) is 14.5. The van der Waals surface area contributed by atoms with Gasteiger partial charge < -0.3 is 33.9 Å². The van der Waals surface area contributed by atoms with E-state index in [1.165, 1.54) is 19.3 Å². The number of ether oxygens (including phenoxy) is 5. The molecule has 0 saturated carbocycles. The van der Waals surface area contributed by atoms with Gasteiger partial charge >= 0.3 is 0 Å². The normalized spacial score (nSPS) is 16.8. The highest BCUT2D eigenvalue weighted by atomic mass is 16.6. The predicted octanol–water partition coefficient (Wildman–Crippen LogP) is 6.27. The lowest BCUT2D eigenvalue weighted by atomic mass is 9.78. The van der Waals surface area contributed by atoms with E-state index in [-0.39, 0.29) is 17.3 Å². The van der Waals surface area contributed by atoms with E-state index >= 15 is 0 Å². The first-order valence-corrected chi connectivity index (χ1v) is 12.3. The molecule has 3 aromatic rings. The Morgan fingerprint density at radius 1 is 0.842 bits per heavy atom. The SMILES string of the molecule is C/C=C/c1cc(OC)c2c(c1)C(C)(C)[C@H](c1ccc(OC(O)/C=C/c3ccc(O)c(OC)c3)c(OC)c1)O2. The molecule has 1 unspecified atom stereocenters. The summed E-state index contributed by atoms with van der Waals surface area (Å²) in [6.07, 6.45) is 5.69. The van der Waals surface area contributed by atoms with Gasteiger partial charge in [-0.05, 0) is 66.1 Å². The van der Waals surface area contributed by atoms with Crippen molar-refractivity contribution in [3.63, 3.8) is 0 Å². The second-order valence-electron chi connectivity index (χ2n) is 9.53. The zero-order valence-corrected chi connectivity index (χ0v) is 22.5. The van der Waals surface area contributed by atoms with E-state index in [1.807, 2.05) is 37.3 Å². The molecular weight excluding hydrogens is 484 g/mol. The molecule has 1 heterocycles. The van der Waals surface area contributed by atoms with Gasteiger partial charge in [-0.3, -0.25) is 0 Å². The lowest BCUT2D eigenvalue weighted by molar-refractivity contribution is 0.0233. The number of phenolic OH excluding ortho intramolecular Hbond substituents is 1. The fraction of sp³-hybridized carbons (Fsp3) is 0.290. The summed E-state index contributed by atoms with van der Waals surface area (Å²) in [7, 11) is 4.68. The van der Waals surface area contributed by atoms with Crippen molar-refractivity contribution in [3.8, 4) is 34.5 Å². The number of allylic oxidation sites excluding steroid dienone is 1. The van der Waals surface area contributed by atoms with E-state index in [1.54, 1.807) is 38.5 Å². The molecule has 0 bridgehead atoms. The van der Waals surface area contributed by atoms with Crippen molar-refractivity contribution in [2.45, 2.75) is 38.6 Å². The molecule has 7 heteroatoms. The lowest BCUT2D eigenvalue weighted by Gasteiger charge is -2.27. The van der Waals surface area contributed by atoms with Gasteiger partial charge in [-0.2, -0.15) is 0 Å². The van der Waals surface area contributed by atoms with Crippen LogP contribution in [0.5, 0.6) is 34.5 Å². The van der Waals surface area contributed by atoms with Crippen molar-refractivity contribution in [1.29, 1.82) is 0 Å².